The van der Waals surface area contributed by atoms with Crippen LogP contribution in [0.5, 0.6) is 0 Å². The molecule has 0 bridgehead atoms. The van der Waals surface area contributed by atoms with E-state index < -0.39 is 8.07 Å². The quantitative estimate of drug-likeness (QED) is 0.515. The minimum Gasteiger partial charge on any atom is -0.0691 e. The van der Waals surface area contributed by atoms with Crippen LogP contribution in [0, 0.1) is 17.3 Å². The van der Waals surface area contributed by atoms with Gasteiger partial charge >= 0.3 is 0 Å². The van der Waals surface area contributed by atoms with Gasteiger partial charge in [0.2, 0.25) is 0 Å². The van der Waals surface area contributed by atoms with E-state index in [1.807, 2.05) is 0 Å². The van der Waals surface area contributed by atoms with E-state index >= 15 is 0 Å². The van der Waals surface area contributed by atoms with Gasteiger partial charge in [-0.25, -0.2) is 0 Å². The molecule has 0 aromatic rings. The van der Waals surface area contributed by atoms with Crippen LogP contribution in [0.3, 0.4) is 0 Å². The van der Waals surface area contributed by atoms with Crippen molar-refractivity contribution in [2.45, 2.75) is 79.6 Å². The molecular formula is C15H34Si. The standard InChI is InChI=1S/C15H34Si/c1-13(2)11-16(8,12-14(3)4)10-9-15(5,6)7/h13-14H,9-12H2,1-8H3. The smallest absolute Gasteiger partial charge is 0.0510 e. The molecule has 0 amide bonds. The fourth-order valence-corrected chi connectivity index (χ4v) is 8.81. The van der Waals surface area contributed by atoms with Gasteiger partial charge in [0.25, 0.3) is 0 Å². The van der Waals surface area contributed by atoms with Gasteiger partial charge in [0.15, 0.2) is 0 Å². The number of hydrogen-bond acceptors (Lipinski definition) is 0. The van der Waals surface area contributed by atoms with Crippen LogP contribution in [0.1, 0.15) is 54.9 Å². The molecule has 0 aliphatic carbocycles. The molecule has 0 aliphatic rings. The monoisotopic (exact) mass is 242 g/mol. The predicted octanol–water partition coefficient (Wildman–Crippen LogP) is 5.81. The Morgan fingerprint density at radius 2 is 1.25 bits per heavy atom. The first-order valence-corrected chi connectivity index (χ1v) is 10.2. The molecule has 0 spiro atoms. The molecule has 0 unspecified atom stereocenters. The van der Waals surface area contributed by atoms with E-state index in [0.29, 0.717) is 5.41 Å². The topological polar surface area (TPSA) is 0 Å². The van der Waals surface area contributed by atoms with Gasteiger partial charge in [-0.1, -0.05) is 79.6 Å². The van der Waals surface area contributed by atoms with E-state index in [9.17, 15) is 0 Å². The van der Waals surface area contributed by atoms with Gasteiger partial charge in [-0.15, -0.1) is 0 Å². The third kappa shape index (κ3) is 8.38. The highest BCUT2D eigenvalue weighted by atomic mass is 28.3. The van der Waals surface area contributed by atoms with Crippen LogP contribution in [0.2, 0.25) is 24.7 Å². The van der Waals surface area contributed by atoms with Crippen molar-refractivity contribution in [2.75, 3.05) is 0 Å². The van der Waals surface area contributed by atoms with Crippen molar-refractivity contribution in [3.05, 3.63) is 0 Å². The lowest BCUT2D eigenvalue weighted by molar-refractivity contribution is 0.394. The first-order chi connectivity index (χ1) is 7.04. The SMILES string of the molecule is CC(C)C[Si](C)(CCC(C)(C)C)CC(C)C. The minimum atomic E-state index is -0.985. The van der Waals surface area contributed by atoms with Crippen molar-refractivity contribution >= 4 is 8.07 Å². The van der Waals surface area contributed by atoms with Gasteiger partial charge in [-0.2, -0.15) is 0 Å². The lowest BCUT2D eigenvalue weighted by Gasteiger charge is -2.33. The number of hydrogen-bond donors (Lipinski definition) is 0. The molecule has 1 heteroatoms. The summed E-state index contributed by atoms with van der Waals surface area (Å²) in [6.45, 7) is 19.3. The molecule has 16 heavy (non-hydrogen) atoms. The second-order valence-electron chi connectivity index (χ2n) is 8.07. The summed E-state index contributed by atoms with van der Waals surface area (Å²) >= 11 is 0. The molecule has 0 aliphatic heterocycles. The molecule has 0 fully saturated rings. The third-order valence-corrected chi connectivity index (χ3v) is 8.34. The van der Waals surface area contributed by atoms with Crippen molar-refractivity contribution < 1.29 is 0 Å². The number of rotatable bonds is 6. The zero-order chi connectivity index (χ0) is 13.0. The first-order valence-electron chi connectivity index (χ1n) is 7.04. The second kappa shape index (κ2) is 6.23. The molecule has 0 radical (unpaired) electrons. The normalized spacial score (nSPS) is 13.9. The summed E-state index contributed by atoms with van der Waals surface area (Å²) in [5.41, 5.74) is 0.516. The molecule has 0 heterocycles. The van der Waals surface area contributed by atoms with Gasteiger partial charge in [0.05, 0.1) is 8.07 Å². The highest BCUT2D eigenvalue weighted by molar-refractivity contribution is 6.78. The van der Waals surface area contributed by atoms with Gasteiger partial charge in [0, 0.05) is 0 Å². The maximum Gasteiger partial charge on any atom is 0.0510 e. The van der Waals surface area contributed by atoms with Gasteiger partial charge in [-0.3, -0.25) is 0 Å². The van der Waals surface area contributed by atoms with Crippen LogP contribution < -0.4 is 0 Å². The minimum absolute atomic E-state index is 0.516. The summed E-state index contributed by atoms with van der Waals surface area (Å²) in [5, 5.41) is 0. The molecule has 0 rings (SSSR count). The van der Waals surface area contributed by atoms with Crippen LogP contribution in [0.25, 0.3) is 0 Å². The Bertz CT molecular complexity index is 176. The Morgan fingerprint density at radius 3 is 1.50 bits per heavy atom. The molecular weight excluding hydrogens is 208 g/mol. The Kier molecular flexibility index (Phi) is 6.32. The largest absolute Gasteiger partial charge is 0.0691 e. The van der Waals surface area contributed by atoms with Crippen LogP contribution >= 0.6 is 0 Å². The highest BCUT2D eigenvalue weighted by Crippen LogP contribution is 2.34. The summed E-state index contributed by atoms with van der Waals surface area (Å²) < 4.78 is 0. The molecule has 98 valence electrons. The van der Waals surface area contributed by atoms with Gasteiger partial charge < -0.3 is 0 Å². The molecule has 0 aromatic carbocycles. The molecule has 0 N–H and O–H groups in total. The van der Waals surface area contributed by atoms with Crippen LogP contribution in [-0.4, -0.2) is 8.07 Å². The van der Waals surface area contributed by atoms with Crippen molar-refractivity contribution in [3.63, 3.8) is 0 Å². The van der Waals surface area contributed by atoms with Crippen LogP contribution in [0.15, 0.2) is 0 Å². The third-order valence-electron chi connectivity index (χ3n) is 3.28. The van der Waals surface area contributed by atoms with Crippen molar-refractivity contribution in [1.29, 1.82) is 0 Å². The van der Waals surface area contributed by atoms with Crippen molar-refractivity contribution in [3.8, 4) is 0 Å². The molecule has 0 aromatic heterocycles. The molecule has 0 nitrogen and oxygen atoms in total. The zero-order valence-electron chi connectivity index (χ0n) is 13.0. The predicted molar refractivity (Wildman–Crippen MR) is 79.8 cm³/mol. The Labute approximate surface area is 105 Å². The summed E-state index contributed by atoms with van der Waals surface area (Å²) in [4.78, 5) is 0. The van der Waals surface area contributed by atoms with Gasteiger partial charge in [-0.05, 0) is 17.3 Å². The lowest BCUT2D eigenvalue weighted by Crippen LogP contribution is -2.34. The highest BCUT2D eigenvalue weighted by Gasteiger charge is 2.30. The Balaban J connectivity index is 4.41. The van der Waals surface area contributed by atoms with E-state index in [4.69, 9.17) is 0 Å². The summed E-state index contributed by atoms with van der Waals surface area (Å²) in [6.07, 6.45) is 1.41. The average Bonchev–Trinajstić information content (AvgIpc) is 1.96. The van der Waals surface area contributed by atoms with E-state index in [1.165, 1.54) is 24.6 Å². The summed E-state index contributed by atoms with van der Waals surface area (Å²) in [6, 6.07) is 4.55. The summed E-state index contributed by atoms with van der Waals surface area (Å²) in [5.74, 6) is 1.77. The average molecular weight is 243 g/mol. The maximum atomic E-state index is 2.64. The molecule has 0 atom stereocenters. The van der Waals surface area contributed by atoms with E-state index in [1.54, 1.807) is 0 Å². The van der Waals surface area contributed by atoms with E-state index in [-0.39, 0.29) is 0 Å². The lowest BCUT2D eigenvalue weighted by atomic mass is 9.94. The maximum absolute atomic E-state index is 2.64. The second-order valence-corrected chi connectivity index (χ2v) is 13.0. The van der Waals surface area contributed by atoms with Crippen LogP contribution in [0.4, 0.5) is 0 Å². The van der Waals surface area contributed by atoms with Crippen molar-refractivity contribution in [1.82, 2.24) is 0 Å². The fraction of sp³-hybridized carbons (Fsp3) is 1.00. The molecule has 0 saturated heterocycles. The van der Waals surface area contributed by atoms with Gasteiger partial charge in [0.1, 0.15) is 0 Å². The Morgan fingerprint density at radius 1 is 0.875 bits per heavy atom. The molecule has 0 saturated carbocycles. The van der Waals surface area contributed by atoms with E-state index in [2.05, 4.69) is 55.0 Å². The fourth-order valence-electron chi connectivity index (χ4n) is 2.94. The van der Waals surface area contributed by atoms with Crippen LogP contribution in [-0.2, 0) is 0 Å². The van der Waals surface area contributed by atoms with Crippen molar-refractivity contribution in [2.24, 2.45) is 17.3 Å². The van der Waals surface area contributed by atoms with E-state index in [0.717, 1.165) is 11.8 Å². The zero-order valence-corrected chi connectivity index (χ0v) is 14.0. The summed E-state index contributed by atoms with van der Waals surface area (Å²) in [7, 11) is -0.985. The first kappa shape index (κ1) is 16.2. The Hall–Kier alpha value is 0.217.